The number of carbonyl (C=O) groups is 2. The van der Waals surface area contributed by atoms with Gasteiger partial charge in [0, 0.05) is 11.1 Å². The fourth-order valence-electron chi connectivity index (χ4n) is 2.44. The number of nitrogens with zero attached hydrogens (tertiary/aromatic N) is 1. The van der Waals surface area contributed by atoms with Gasteiger partial charge in [-0.15, -0.1) is 0 Å². The Bertz CT molecular complexity index is 909. The third-order valence-corrected chi connectivity index (χ3v) is 4.05. The van der Waals surface area contributed by atoms with E-state index in [2.05, 4.69) is 22.4 Å². The average molecular weight is 411 g/mol. The van der Waals surface area contributed by atoms with Gasteiger partial charge < -0.3 is 19.5 Å². The molecular weight excluding hydrogens is 386 g/mol. The molecule has 1 unspecified atom stereocenters. The summed E-state index contributed by atoms with van der Waals surface area (Å²) in [5.74, 6) is 0.813. The van der Waals surface area contributed by atoms with E-state index < -0.39 is 11.9 Å². The first-order valence-electron chi connectivity index (χ1n) is 9.18. The zero-order valence-corrected chi connectivity index (χ0v) is 17.2. The first-order chi connectivity index (χ1) is 14.5. The average Bonchev–Trinajstić information content (AvgIpc) is 2.77. The largest absolute Gasteiger partial charge is 0.497 e. The van der Waals surface area contributed by atoms with Gasteiger partial charge in [0.1, 0.15) is 18.4 Å². The number of rotatable bonds is 10. The second-order valence-corrected chi connectivity index (χ2v) is 6.14. The van der Waals surface area contributed by atoms with Crippen molar-refractivity contribution in [3.63, 3.8) is 0 Å². The van der Waals surface area contributed by atoms with E-state index in [1.165, 1.54) is 13.3 Å². The standard InChI is InChI=1S/C22H25N3O5/c1-5-13-30-20-17(7-6-8-19(20)29-4)14-23-25-21(26)15(2)24-22(27)16-9-11-18(28-3)12-10-16/h5-12,14-15H,1,13H2,2-4H3,(H,24,27)(H,25,26). The number of nitrogens with one attached hydrogen (secondary N) is 2. The van der Waals surface area contributed by atoms with Crippen LogP contribution in [0, 0.1) is 0 Å². The molecule has 8 nitrogen and oxygen atoms in total. The van der Waals surface area contributed by atoms with E-state index in [0.29, 0.717) is 35.0 Å². The van der Waals surface area contributed by atoms with Crippen LogP contribution in [0.25, 0.3) is 0 Å². The molecular formula is C22H25N3O5. The van der Waals surface area contributed by atoms with E-state index in [4.69, 9.17) is 14.2 Å². The second-order valence-electron chi connectivity index (χ2n) is 6.14. The normalized spacial score (nSPS) is 11.4. The maximum Gasteiger partial charge on any atom is 0.262 e. The van der Waals surface area contributed by atoms with Crippen LogP contribution < -0.4 is 25.0 Å². The van der Waals surface area contributed by atoms with Gasteiger partial charge in [-0.1, -0.05) is 18.7 Å². The number of hydrogen-bond donors (Lipinski definition) is 2. The Morgan fingerprint density at radius 2 is 1.87 bits per heavy atom. The molecule has 2 amide bonds. The second kappa shape index (κ2) is 11.3. The Balaban J connectivity index is 1.98. The molecule has 0 spiro atoms. The van der Waals surface area contributed by atoms with Crippen molar-refractivity contribution in [2.45, 2.75) is 13.0 Å². The fourth-order valence-corrected chi connectivity index (χ4v) is 2.44. The predicted molar refractivity (Wildman–Crippen MR) is 114 cm³/mol. The van der Waals surface area contributed by atoms with Gasteiger partial charge in [0.25, 0.3) is 11.8 Å². The summed E-state index contributed by atoms with van der Waals surface area (Å²) in [6.45, 7) is 5.48. The van der Waals surface area contributed by atoms with Crippen molar-refractivity contribution in [2.24, 2.45) is 5.10 Å². The van der Waals surface area contributed by atoms with Crippen molar-refractivity contribution in [1.29, 1.82) is 0 Å². The quantitative estimate of drug-likeness (QED) is 0.356. The van der Waals surface area contributed by atoms with E-state index >= 15 is 0 Å². The Kier molecular flexibility index (Phi) is 8.43. The van der Waals surface area contributed by atoms with Gasteiger partial charge >= 0.3 is 0 Å². The molecule has 0 heterocycles. The zero-order chi connectivity index (χ0) is 21.9. The zero-order valence-electron chi connectivity index (χ0n) is 17.2. The van der Waals surface area contributed by atoms with Crippen molar-refractivity contribution in [3.8, 4) is 17.2 Å². The third-order valence-electron chi connectivity index (χ3n) is 4.05. The molecule has 0 saturated heterocycles. The molecule has 158 valence electrons. The van der Waals surface area contributed by atoms with E-state index in [1.807, 2.05) is 0 Å². The maximum atomic E-state index is 12.3. The molecule has 0 aliphatic rings. The van der Waals surface area contributed by atoms with E-state index in [9.17, 15) is 9.59 Å². The number of para-hydroxylation sites is 1. The SMILES string of the molecule is C=CCOc1c(C=NNC(=O)C(C)NC(=O)c2ccc(OC)cc2)cccc1OC. The number of hydrogen-bond acceptors (Lipinski definition) is 6. The lowest BCUT2D eigenvalue weighted by Gasteiger charge is -2.13. The molecule has 0 aliphatic heterocycles. The van der Waals surface area contributed by atoms with Crippen LogP contribution in [0.3, 0.4) is 0 Å². The highest BCUT2D eigenvalue weighted by Gasteiger charge is 2.16. The van der Waals surface area contributed by atoms with E-state index in [0.717, 1.165) is 0 Å². The van der Waals surface area contributed by atoms with Crippen molar-refractivity contribution in [1.82, 2.24) is 10.7 Å². The summed E-state index contributed by atoms with van der Waals surface area (Å²) < 4.78 is 16.0. The Labute approximate surface area is 175 Å². The van der Waals surface area contributed by atoms with Gasteiger partial charge in [0.15, 0.2) is 11.5 Å². The Morgan fingerprint density at radius 1 is 1.13 bits per heavy atom. The first-order valence-corrected chi connectivity index (χ1v) is 9.18. The number of amides is 2. The molecule has 2 N–H and O–H groups in total. The predicted octanol–water partition coefficient (Wildman–Crippen LogP) is 2.54. The van der Waals surface area contributed by atoms with Crippen LogP contribution in [-0.4, -0.2) is 44.9 Å². The van der Waals surface area contributed by atoms with Gasteiger partial charge in [-0.2, -0.15) is 5.10 Å². The number of carbonyl (C=O) groups excluding carboxylic acids is 2. The van der Waals surface area contributed by atoms with Gasteiger partial charge in [-0.25, -0.2) is 5.43 Å². The fraction of sp³-hybridized carbons (Fsp3) is 0.227. The molecule has 0 aliphatic carbocycles. The lowest BCUT2D eigenvalue weighted by molar-refractivity contribution is -0.122. The van der Waals surface area contributed by atoms with Crippen molar-refractivity contribution in [3.05, 3.63) is 66.2 Å². The van der Waals surface area contributed by atoms with Gasteiger partial charge in [0.05, 0.1) is 20.4 Å². The molecule has 2 aromatic rings. The molecule has 0 radical (unpaired) electrons. The summed E-state index contributed by atoms with van der Waals surface area (Å²) in [5, 5.41) is 6.57. The molecule has 0 saturated carbocycles. The van der Waals surface area contributed by atoms with E-state index in [-0.39, 0.29) is 5.91 Å². The third kappa shape index (κ3) is 6.10. The van der Waals surface area contributed by atoms with Crippen LogP contribution in [0.1, 0.15) is 22.8 Å². The van der Waals surface area contributed by atoms with Crippen LogP contribution in [0.2, 0.25) is 0 Å². The molecule has 0 fully saturated rings. The van der Waals surface area contributed by atoms with Crippen LogP contribution in [-0.2, 0) is 4.79 Å². The summed E-state index contributed by atoms with van der Waals surface area (Å²) in [6.07, 6.45) is 3.05. The topological polar surface area (TPSA) is 98.2 Å². The minimum absolute atomic E-state index is 0.294. The molecule has 2 rings (SSSR count). The summed E-state index contributed by atoms with van der Waals surface area (Å²) in [4.78, 5) is 24.5. The van der Waals surface area contributed by atoms with Crippen LogP contribution in [0.15, 0.2) is 60.2 Å². The van der Waals surface area contributed by atoms with Gasteiger partial charge in [0.2, 0.25) is 0 Å². The lowest BCUT2D eigenvalue weighted by Crippen LogP contribution is -2.43. The molecule has 0 aromatic heterocycles. The molecule has 1 atom stereocenters. The van der Waals surface area contributed by atoms with Gasteiger partial charge in [-0.3, -0.25) is 9.59 Å². The molecule has 30 heavy (non-hydrogen) atoms. The number of hydrazone groups is 1. The van der Waals surface area contributed by atoms with Crippen LogP contribution >= 0.6 is 0 Å². The minimum Gasteiger partial charge on any atom is -0.497 e. The number of methoxy groups -OCH3 is 2. The maximum absolute atomic E-state index is 12.3. The molecule has 2 aromatic carbocycles. The van der Waals surface area contributed by atoms with E-state index in [1.54, 1.807) is 62.6 Å². The smallest absolute Gasteiger partial charge is 0.262 e. The molecule has 8 heteroatoms. The summed E-state index contributed by atoms with van der Waals surface area (Å²) in [5.41, 5.74) is 3.44. The van der Waals surface area contributed by atoms with Crippen LogP contribution in [0.5, 0.6) is 17.2 Å². The van der Waals surface area contributed by atoms with Crippen molar-refractivity contribution in [2.75, 3.05) is 20.8 Å². The summed E-state index contributed by atoms with van der Waals surface area (Å²) in [7, 11) is 3.08. The Hall–Kier alpha value is -3.81. The highest BCUT2D eigenvalue weighted by molar-refractivity contribution is 5.97. The molecule has 0 bridgehead atoms. The summed E-state index contributed by atoms with van der Waals surface area (Å²) in [6, 6.07) is 11.1. The van der Waals surface area contributed by atoms with Gasteiger partial charge in [-0.05, 0) is 43.3 Å². The van der Waals surface area contributed by atoms with Crippen molar-refractivity contribution >= 4 is 18.0 Å². The Morgan fingerprint density at radius 3 is 2.50 bits per heavy atom. The number of ether oxygens (including phenoxy) is 3. The number of benzene rings is 2. The highest BCUT2D eigenvalue weighted by Crippen LogP contribution is 2.30. The summed E-state index contributed by atoms with van der Waals surface area (Å²) >= 11 is 0. The first kappa shape index (κ1) is 22.5. The minimum atomic E-state index is -0.793. The van der Waals surface area contributed by atoms with Crippen LogP contribution in [0.4, 0.5) is 0 Å². The monoisotopic (exact) mass is 411 g/mol. The van der Waals surface area contributed by atoms with Crippen molar-refractivity contribution < 1.29 is 23.8 Å². The highest BCUT2D eigenvalue weighted by atomic mass is 16.5. The lowest BCUT2D eigenvalue weighted by atomic mass is 10.2.